The summed E-state index contributed by atoms with van der Waals surface area (Å²) in [6, 6.07) is 5.91. The zero-order valence-corrected chi connectivity index (χ0v) is 11.9. The van der Waals surface area contributed by atoms with Crippen molar-refractivity contribution < 1.29 is 13.2 Å². The minimum atomic E-state index is -4.29. The van der Waals surface area contributed by atoms with E-state index in [9.17, 15) is 13.2 Å². The van der Waals surface area contributed by atoms with Crippen LogP contribution in [-0.4, -0.2) is 24.0 Å². The monoisotopic (exact) mass is 286 g/mol. The molecule has 0 aliphatic carbocycles. The lowest BCUT2D eigenvalue weighted by molar-refractivity contribution is -0.138. The summed E-state index contributed by atoms with van der Waals surface area (Å²) in [6.07, 6.45) is -3.47. The smallest absolute Gasteiger partial charge is 0.327 e. The summed E-state index contributed by atoms with van der Waals surface area (Å²) in [4.78, 5) is 2.06. The molecule has 0 saturated carbocycles. The maximum absolute atomic E-state index is 13.0. The Balaban J connectivity index is 2.15. The maximum atomic E-state index is 13.0. The lowest BCUT2D eigenvalue weighted by atomic mass is 9.79. The number of nitrogens with two attached hydrogens (primary N) is 1. The minimum absolute atomic E-state index is 0.0641. The van der Waals surface area contributed by atoms with Crippen LogP contribution in [0.4, 0.5) is 13.2 Å². The average molecular weight is 286 g/mol. The van der Waals surface area contributed by atoms with Gasteiger partial charge in [0.15, 0.2) is 0 Å². The molecule has 0 spiro atoms. The van der Waals surface area contributed by atoms with Gasteiger partial charge in [0.2, 0.25) is 0 Å². The number of nitrogens with zero attached hydrogens (tertiary/aromatic N) is 1. The van der Waals surface area contributed by atoms with Gasteiger partial charge in [0.1, 0.15) is 0 Å². The first-order chi connectivity index (χ1) is 9.20. The Morgan fingerprint density at radius 2 is 1.95 bits per heavy atom. The molecule has 2 rings (SSSR count). The molecular formula is C15H21F3N2. The Kier molecular flexibility index (Phi) is 4.12. The summed E-state index contributed by atoms with van der Waals surface area (Å²) in [5, 5.41) is 0. The van der Waals surface area contributed by atoms with E-state index < -0.39 is 11.7 Å². The second-order valence-corrected chi connectivity index (χ2v) is 6.25. The van der Waals surface area contributed by atoms with Crippen molar-refractivity contribution in [3.63, 3.8) is 0 Å². The summed E-state index contributed by atoms with van der Waals surface area (Å²) in [5.74, 6) is 0. The van der Waals surface area contributed by atoms with Crippen LogP contribution in [0.2, 0.25) is 0 Å². The van der Waals surface area contributed by atoms with Gasteiger partial charge >= 0.3 is 6.18 Å². The summed E-state index contributed by atoms with van der Waals surface area (Å²) >= 11 is 0. The highest BCUT2D eigenvalue weighted by Crippen LogP contribution is 2.34. The zero-order chi connectivity index (χ0) is 15.0. The van der Waals surface area contributed by atoms with Crippen LogP contribution in [0.3, 0.4) is 0 Å². The topological polar surface area (TPSA) is 29.3 Å². The number of benzene rings is 1. The van der Waals surface area contributed by atoms with Crippen molar-refractivity contribution in [3.8, 4) is 0 Å². The highest BCUT2D eigenvalue weighted by atomic mass is 19.4. The van der Waals surface area contributed by atoms with Crippen molar-refractivity contribution >= 4 is 0 Å². The predicted octanol–water partition coefficient (Wildman–Crippen LogP) is 3.26. The maximum Gasteiger partial charge on any atom is 0.416 e. The molecule has 1 fully saturated rings. The van der Waals surface area contributed by atoms with Gasteiger partial charge in [-0.25, -0.2) is 0 Å². The second-order valence-electron chi connectivity index (χ2n) is 6.25. The number of likely N-dealkylation sites (tertiary alicyclic amines) is 1. The van der Waals surface area contributed by atoms with Crippen molar-refractivity contribution in [2.24, 2.45) is 11.1 Å². The third-order valence-electron chi connectivity index (χ3n) is 4.11. The predicted molar refractivity (Wildman–Crippen MR) is 73.1 cm³/mol. The Morgan fingerprint density at radius 1 is 1.30 bits per heavy atom. The third-order valence-corrected chi connectivity index (χ3v) is 4.11. The van der Waals surface area contributed by atoms with E-state index in [1.54, 1.807) is 12.1 Å². The van der Waals surface area contributed by atoms with Crippen LogP contribution in [0.25, 0.3) is 0 Å². The standard InChI is InChI=1S/C15H21F3N2/c1-14(2)10-20(8-7-13(14)19)9-11-5-3-4-6-12(11)15(16,17)18/h3-6,13H,7-10,19H2,1-2H3. The molecule has 0 aromatic heterocycles. The van der Waals surface area contributed by atoms with Gasteiger partial charge in [-0.05, 0) is 23.5 Å². The first-order valence-corrected chi connectivity index (χ1v) is 6.83. The highest BCUT2D eigenvalue weighted by Gasteiger charge is 2.36. The molecule has 1 aromatic rings. The highest BCUT2D eigenvalue weighted by molar-refractivity contribution is 5.29. The van der Waals surface area contributed by atoms with Gasteiger partial charge in [0.25, 0.3) is 0 Å². The third kappa shape index (κ3) is 3.33. The van der Waals surface area contributed by atoms with E-state index >= 15 is 0 Å². The van der Waals surface area contributed by atoms with E-state index in [0.29, 0.717) is 12.1 Å². The van der Waals surface area contributed by atoms with Crippen LogP contribution >= 0.6 is 0 Å². The van der Waals surface area contributed by atoms with Gasteiger partial charge in [-0.15, -0.1) is 0 Å². The molecule has 1 saturated heterocycles. The molecule has 1 heterocycles. The molecule has 112 valence electrons. The van der Waals surface area contributed by atoms with Crippen molar-refractivity contribution in [3.05, 3.63) is 35.4 Å². The number of hydrogen-bond acceptors (Lipinski definition) is 2. The van der Waals surface area contributed by atoms with E-state index in [4.69, 9.17) is 5.73 Å². The van der Waals surface area contributed by atoms with Crippen LogP contribution in [0.5, 0.6) is 0 Å². The lowest BCUT2D eigenvalue weighted by Crippen LogP contribution is -2.52. The molecule has 1 aliphatic rings. The molecule has 2 nitrogen and oxygen atoms in total. The molecule has 2 N–H and O–H groups in total. The van der Waals surface area contributed by atoms with E-state index in [1.807, 2.05) is 0 Å². The summed E-state index contributed by atoms with van der Waals surface area (Å²) in [5.41, 5.74) is 5.80. The normalized spacial score (nSPS) is 23.8. The van der Waals surface area contributed by atoms with Crippen molar-refractivity contribution in [1.82, 2.24) is 4.90 Å². The van der Waals surface area contributed by atoms with Gasteiger partial charge in [-0.3, -0.25) is 4.90 Å². The Morgan fingerprint density at radius 3 is 2.55 bits per heavy atom. The number of halogens is 3. The van der Waals surface area contributed by atoms with Crippen LogP contribution in [0.15, 0.2) is 24.3 Å². The van der Waals surface area contributed by atoms with Gasteiger partial charge in [-0.1, -0.05) is 32.0 Å². The van der Waals surface area contributed by atoms with Crippen LogP contribution in [-0.2, 0) is 12.7 Å². The van der Waals surface area contributed by atoms with Crippen LogP contribution < -0.4 is 5.73 Å². The van der Waals surface area contributed by atoms with E-state index in [1.165, 1.54) is 6.07 Å². The summed E-state index contributed by atoms with van der Waals surface area (Å²) in [6.45, 7) is 5.93. The molecule has 0 radical (unpaired) electrons. The summed E-state index contributed by atoms with van der Waals surface area (Å²) < 4.78 is 38.9. The molecule has 1 unspecified atom stereocenters. The van der Waals surface area contributed by atoms with Crippen molar-refractivity contribution in [2.45, 2.75) is 39.0 Å². The van der Waals surface area contributed by atoms with Crippen molar-refractivity contribution in [2.75, 3.05) is 13.1 Å². The number of hydrogen-bond donors (Lipinski definition) is 1. The van der Waals surface area contributed by atoms with Gasteiger partial charge < -0.3 is 5.73 Å². The second kappa shape index (κ2) is 5.37. The SMILES string of the molecule is CC1(C)CN(Cc2ccccc2C(F)(F)F)CCC1N. The number of piperidine rings is 1. The number of rotatable bonds is 2. The lowest BCUT2D eigenvalue weighted by Gasteiger charge is -2.42. The first kappa shape index (κ1) is 15.3. The fourth-order valence-electron chi connectivity index (χ4n) is 2.80. The van der Waals surface area contributed by atoms with Gasteiger partial charge in [0, 0.05) is 25.7 Å². The van der Waals surface area contributed by atoms with E-state index in [2.05, 4.69) is 18.7 Å². The summed E-state index contributed by atoms with van der Waals surface area (Å²) in [7, 11) is 0. The van der Waals surface area contributed by atoms with Gasteiger partial charge in [-0.2, -0.15) is 13.2 Å². The Bertz CT molecular complexity index is 468. The van der Waals surface area contributed by atoms with Gasteiger partial charge in [0.05, 0.1) is 5.56 Å². The fraction of sp³-hybridized carbons (Fsp3) is 0.600. The largest absolute Gasteiger partial charge is 0.416 e. The molecule has 1 atom stereocenters. The van der Waals surface area contributed by atoms with Crippen LogP contribution in [0.1, 0.15) is 31.4 Å². The van der Waals surface area contributed by atoms with E-state index in [-0.39, 0.29) is 11.5 Å². The molecule has 20 heavy (non-hydrogen) atoms. The quantitative estimate of drug-likeness (QED) is 0.904. The Labute approximate surface area is 117 Å². The molecule has 5 heteroatoms. The Hall–Kier alpha value is -1.07. The fourth-order valence-corrected chi connectivity index (χ4v) is 2.80. The average Bonchev–Trinajstić information content (AvgIpc) is 2.33. The molecule has 0 amide bonds. The molecular weight excluding hydrogens is 265 g/mol. The zero-order valence-electron chi connectivity index (χ0n) is 11.9. The molecule has 0 bridgehead atoms. The first-order valence-electron chi connectivity index (χ1n) is 6.83. The van der Waals surface area contributed by atoms with Crippen LogP contribution in [0, 0.1) is 5.41 Å². The molecule has 1 aromatic carbocycles. The van der Waals surface area contributed by atoms with E-state index in [0.717, 1.165) is 25.6 Å². The number of alkyl halides is 3. The van der Waals surface area contributed by atoms with Crippen molar-refractivity contribution in [1.29, 1.82) is 0 Å². The molecule has 1 aliphatic heterocycles. The minimum Gasteiger partial charge on any atom is -0.327 e.